The number of nitro benzene ring substituents is 1. The molecule has 6 nitrogen and oxygen atoms in total. The lowest BCUT2D eigenvalue weighted by Crippen LogP contribution is -2.04. The number of nitro groups is 1. The predicted molar refractivity (Wildman–Crippen MR) is 66.9 cm³/mol. The van der Waals surface area contributed by atoms with Gasteiger partial charge in [-0.3, -0.25) is 10.1 Å². The van der Waals surface area contributed by atoms with E-state index in [1.54, 1.807) is 7.05 Å². The van der Waals surface area contributed by atoms with Gasteiger partial charge in [-0.25, -0.2) is 8.42 Å². The quantitative estimate of drug-likeness (QED) is 0.389. The number of benzene rings is 1. The standard InChI is InChI=1S/C10H9ClN2O4S/c1-12-6-2-3-8-4-5-9(18(11,16)17)7-10(8)13(14)15/h4-5,7,12H,6H2,1H3. The first-order valence-corrected chi connectivity index (χ1v) is 7.03. The summed E-state index contributed by atoms with van der Waals surface area (Å²) in [4.78, 5) is 9.79. The van der Waals surface area contributed by atoms with Gasteiger partial charge in [0.2, 0.25) is 0 Å². The lowest BCUT2D eigenvalue weighted by atomic mass is 10.2. The number of rotatable bonds is 3. The zero-order valence-corrected chi connectivity index (χ0v) is 10.9. The first kappa shape index (κ1) is 14.4. The van der Waals surface area contributed by atoms with E-state index in [0.717, 1.165) is 6.07 Å². The minimum atomic E-state index is -3.99. The Morgan fingerprint density at radius 3 is 2.67 bits per heavy atom. The molecule has 1 rings (SSSR count). The van der Waals surface area contributed by atoms with Crippen molar-refractivity contribution in [2.45, 2.75) is 4.90 Å². The molecule has 0 saturated carbocycles. The molecule has 0 fully saturated rings. The van der Waals surface area contributed by atoms with E-state index in [9.17, 15) is 18.5 Å². The van der Waals surface area contributed by atoms with Gasteiger partial charge in [0.25, 0.3) is 14.7 Å². The Hall–Kier alpha value is -1.62. The Balaban J connectivity index is 3.31. The maximum Gasteiger partial charge on any atom is 0.286 e. The van der Waals surface area contributed by atoms with Crippen molar-refractivity contribution in [3.8, 4) is 11.8 Å². The van der Waals surface area contributed by atoms with E-state index < -0.39 is 14.0 Å². The number of hydrogen-bond acceptors (Lipinski definition) is 5. The van der Waals surface area contributed by atoms with Crippen LogP contribution in [0.15, 0.2) is 23.1 Å². The summed E-state index contributed by atoms with van der Waals surface area (Å²) < 4.78 is 22.2. The van der Waals surface area contributed by atoms with Gasteiger partial charge >= 0.3 is 0 Å². The van der Waals surface area contributed by atoms with Gasteiger partial charge in [-0.2, -0.15) is 0 Å². The van der Waals surface area contributed by atoms with E-state index >= 15 is 0 Å². The van der Waals surface area contributed by atoms with Gasteiger partial charge in [-0.1, -0.05) is 11.8 Å². The third-order valence-electron chi connectivity index (χ3n) is 1.94. The smallest absolute Gasteiger partial charge is 0.286 e. The van der Waals surface area contributed by atoms with Gasteiger partial charge in [0.15, 0.2) is 0 Å². The van der Waals surface area contributed by atoms with E-state index in [4.69, 9.17) is 10.7 Å². The van der Waals surface area contributed by atoms with Crippen LogP contribution in [-0.4, -0.2) is 26.9 Å². The van der Waals surface area contributed by atoms with Crippen LogP contribution in [0.1, 0.15) is 5.56 Å². The van der Waals surface area contributed by atoms with Crippen LogP contribution in [0.25, 0.3) is 0 Å². The summed E-state index contributed by atoms with van der Waals surface area (Å²) in [5.74, 6) is 5.24. The predicted octanol–water partition coefficient (Wildman–Crippen LogP) is 1.09. The molecule has 0 unspecified atom stereocenters. The average Bonchev–Trinajstić information content (AvgIpc) is 2.28. The van der Waals surface area contributed by atoms with Crippen LogP contribution in [0.3, 0.4) is 0 Å². The van der Waals surface area contributed by atoms with Crippen LogP contribution in [0, 0.1) is 22.0 Å². The molecule has 0 aliphatic heterocycles. The van der Waals surface area contributed by atoms with Crippen molar-refractivity contribution in [1.82, 2.24) is 5.32 Å². The van der Waals surface area contributed by atoms with Crippen LogP contribution in [0.2, 0.25) is 0 Å². The van der Waals surface area contributed by atoms with Crippen LogP contribution in [0.5, 0.6) is 0 Å². The molecule has 0 aliphatic carbocycles. The minimum absolute atomic E-state index is 0.138. The summed E-state index contributed by atoms with van der Waals surface area (Å²) in [6.45, 7) is 0.368. The molecule has 0 aliphatic rings. The number of nitrogens with one attached hydrogen (secondary N) is 1. The second-order valence-corrected chi connectivity index (χ2v) is 5.77. The van der Waals surface area contributed by atoms with Gasteiger partial charge in [0.1, 0.15) is 5.56 Å². The van der Waals surface area contributed by atoms with Gasteiger partial charge in [-0.15, -0.1) is 0 Å². The van der Waals surface area contributed by atoms with Gasteiger partial charge in [0.05, 0.1) is 16.4 Å². The van der Waals surface area contributed by atoms with Crippen molar-refractivity contribution < 1.29 is 13.3 Å². The van der Waals surface area contributed by atoms with Crippen LogP contribution < -0.4 is 5.32 Å². The number of nitrogens with zero attached hydrogens (tertiary/aromatic N) is 1. The third kappa shape index (κ3) is 3.70. The first-order valence-electron chi connectivity index (χ1n) is 4.73. The fraction of sp³-hybridized carbons (Fsp3) is 0.200. The normalized spacial score (nSPS) is 10.6. The van der Waals surface area contributed by atoms with E-state index in [1.165, 1.54) is 12.1 Å². The topological polar surface area (TPSA) is 89.3 Å². The maximum atomic E-state index is 11.1. The molecule has 0 bridgehead atoms. The number of hydrogen-bond donors (Lipinski definition) is 1. The molecule has 0 spiro atoms. The molecule has 0 saturated heterocycles. The Kier molecular flexibility index (Phi) is 4.67. The Morgan fingerprint density at radius 2 is 2.17 bits per heavy atom. The fourth-order valence-electron chi connectivity index (χ4n) is 1.15. The first-order chi connectivity index (χ1) is 8.36. The van der Waals surface area contributed by atoms with Crippen molar-refractivity contribution in [1.29, 1.82) is 0 Å². The summed E-state index contributed by atoms with van der Waals surface area (Å²) in [7, 11) is 2.81. The minimum Gasteiger partial charge on any atom is -0.309 e. The molecule has 0 aromatic heterocycles. The van der Waals surface area contributed by atoms with E-state index in [-0.39, 0.29) is 16.1 Å². The highest BCUT2D eigenvalue weighted by molar-refractivity contribution is 8.13. The zero-order chi connectivity index (χ0) is 13.8. The second-order valence-electron chi connectivity index (χ2n) is 3.21. The molecule has 0 atom stereocenters. The largest absolute Gasteiger partial charge is 0.309 e. The van der Waals surface area contributed by atoms with Crippen LogP contribution >= 0.6 is 10.7 Å². The molecule has 1 N–H and O–H groups in total. The van der Waals surface area contributed by atoms with E-state index in [1.807, 2.05) is 0 Å². The van der Waals surface area contributed by atoms with Gasteiger partial charge in [0, 0.05) is 16.7 Å². The third-order valence-corrected chi connectivity index (χ3v) is 3.29. The van der Waals surface area contributed by atoms with Gasteiger partial charge in [-0.05, 0) is 19.2 Å². The highest BCUT2D eigenvalue weighted by Crippen LogP contribution is 2.24. The van der Waals surface area contributed by atoms with E-state index in [0.29, 0.717) is 6.54 Å². The second kappa shape index (κ2) is 5.82. The highest BCUT2D eigenvalue weighted by atomic mass is 35.7. The highest BCUT2D eigenvalue weighted by Gasteiger charge is 2.18. The molecular weight excluding hydrogens is 280 g/mol. The molecule has 0 radical (unpaired) electrons. The SMILES string of the molecule is CNCC#Cc1ccc(S(=O)(=O)Cl)cc1[N+](=O)[O-]. The summed E-state index contributed by atoms with van der Waals surface area (Å²) in [5.41, 5.74) is -0.250. The molecule has 1 aromatic carbocycles. The summed E-state index contributed by atoms with van der Waals surface area (Å²) >= 11 is 0. The summed E-state index contributed by atoms with van der Waals surface area (Å²) in [6, 6.07) is 3.33. The van der Waals surface area contributed by atoms with E-state index in [2.05, 4.69) is 17.2 Å². The molecule has 1 aromatic rings. The molecule has 96 valence electrons. The number of halogens is 1. The monoisotopic (exact) mass is 288 g/mol. The summed E-state index contributed by atoms with van der Waals surface area (Å²) in [6.07, 6.45) is 0. The van der Waals surface area contributed by atoms with Crippen LogP contribution in [-0.2, 0) is 9.05 Å². The zero-order valence-electron chi connectivity index (χ0n) is 9.31. The fourth-order valence-corrected chi connectivity index (χ4v) is 1.92. The lowest BCUT2D eigenvalue weighted by Gasteiger charge is -1.99. The van der Waals surface area contributed by atoms with Crippen molar-refractivity contribution in [2.24, 2.45) is 0 Å². The molecular formula is C10H9ClN2O4S. The summed E-state index contributed by atoms with van der Waals surface area (Å²) in [5, 5.41) is 13.6. The average molecular weight is 289 g/mol. The Labute approximate surface area is 109 Å². The molecule has 8 heteroatoms. The molecule has 0 heterocycles. The molecule has 18 heavy (non-hydrogen) atoms. The molecule has 0 amide bonds. The van der Waals surface area contributed by atoms with Crippen LogP contribution in [0.4, 0.5) is 5.69 Å². The van der Waals surface area contributed by atoms with Gasteiger partial charge < -0.3 is 5.32 Å². The van der Waals surface area contributed by atoms with Crippen molar-refractivity contribution >= 4 is 25.4 Å². The van der Waals surface area contributed by atoms with Crippen molar-refractivity contribution in [3.05, 3.63) is 33.9 Å². The van der Waals surface area contributed by atoms with Crippen molar-refractivity contribution in [3.63, 3.8) is 0 Å². The van der Waals surface area contributed by atoms with Crippen molar-refractivity contribution in [2.75, 3.05) is 13.6 Å². The Morgan fingerprint density at radius 1 is 1.50 bits per heavy atom. The lowest BCUT2D eigenvalue weighted by molar-refractivity contribution is -0.385. The Bertz CT molecular complexity index is 631. The maximum absolute atomic E-state index is 11.1.